The van der Waals surface area contributed by atoms with Crippen LogP contribution in [0.4, 0.5) is 0 Å². The second-order valence-corrected chi connectivity index (χ2v) is 4.23. The summed E-state index contributed by atoms with van der Waals surface area (Å²) >= 11 is 0. The molecule has 1 rings (SSSR count). The third-order valence-corrected chi connectivity index (χ3v) is 2.92. The number of ketones is 1. The maximum Gasteiger partial charge on any atom is 0.238 e. The summed E-state index contributed by atoms with van der Waals surface area (Å²) in [6.07, 6.45) is 4.56. The Balaban J connectivity index is 3.04. The van der Waals surface area contributed by atoms with E-state index in [0.717, 1.165) is 12.8 Å². The molecule has 0 aromatic carbocycles. The van der Waals surface area contributed by atoms with Gasteiger partial charge in [0.2, 0.25) is 5.91 Å². The molecule has 3 heteroatoms. The van der Waals surface area contributed by atoms with Gasteiger partial charge in [-0.2, -0.15) is 0 Å². The molecule has 1 aliphatic heterocycles. The van der Waals surface area contributed by atoms with Gasteiger partial charge >= 0.3 is 0 Å². The SMILES string of the molecule is CCCC1(CCC)C(=O)C=C(C)NC1=O. The van der Waals surface area contributed by atoms with E-state index in [0.29, 0.717) is 18.5 Å². The largest absolute Gasteiger partial charge is 0.329 e. The highest BCUT2D eigenvalue weighted by Crippen LogP contribution is 2.34. The van der Waals surface area contributed by atoms with E-state index < -0.39 is 5.41 Å². The monoisotopic (exact) mass is 209 g/mol. The van der Waals surface area contributed by atoms with Crippen molar-refractivity contribution in [2.75, 3.05) is 0 Å². The molecule has 0 atom stereocenters. The first-order valence-corrected chi connectivity index (χ1v) is 5.61. The maximum atomic E-state index is 12.0. The molecule has 0 radical (unpaired) electrons. The molecule has 15 heavy (non-hydrogen) atoms. The zero-order valence-electron chi connectivity index (χ0n) is 9.72. The fourth-order valence-corrected chi connectivity index (χ4v) is 2.23. The van der Waals surface area contributed by atoms with Crippen LogP contribution >= 0.6 is 0 Å². The van der Waals surface area contributed by atoms with Crippen LogP contribution in [0, 0.1) is 5.41 Å². The van der Waals surface area contributed by atoms with Gasteiger partial charge in [-0.25, -0.2) is 0 Å². The summed E-state index contributed by atoms with van der Waals surface area (Å²) in [6.45, 7) is 5.75. The molecule has 1 heterocycles. The molecule has 0 aliphatic carbocycles. The molecule has 3 nitrogen and oxygen atoms in total. The number of amides is 1. The molecule has 0 aromatic heterocycles. The molecular formula is C12H19NO2. The number of hydrogen-bond donors (Lipinski definition) is 1. The van der Waals surface area contributed by atoms with Crippen LogP contribution in [0.3, 0.4) is 0 Å². The fraction of sp³-hybridized carbons (Fsp3) is 0.667. The zero-order chi connectivity index (χ0) is 11.5. The Labute approximate surface area is 90.9 Å². The van der Waals surface area contributed by atoms with Crippen molar-refractivity contribution in [2.45, 2.75) is 46.5 Å². The third kappa shape index (κ3) is 2.11. The van der Waals surface area contributed by atoms with Gasteiger partial charge < -0.3 is 5.32 Å². The van der Waals surface area contributed by atoms with Crippen LogP contribution in [0.5, 0.6) is 0 Å². The van der Waals surface area contributed by atoms with Crippen molar-refractivity contribution in [1.82, 2.24) is 5.32 Å². The van der Waals surface area contributed by atoms with Crippen LogP contribution in [-0.2, 0) is 9.59 Å². The molecule has 0 bridgehead atoms. The molecule has 84 valence electrons. The Kier molecular flexibility index (Phi) is 3.66. The van der Waals surface area contributed by atoms with Crippen molar-refractivity contribution in [1.29, 1.82) is 0 Å². The first kappa shape index (κ1) is 12.0. The first-order valence-electron chi connectivity index (χ1n) is 5.61. The minimum absolute atomic E-state index is 0.0209. The summed E-state index contributed by atoms with van der Waals surface area (Å²) in [5.74, 6) is -0.136. The highest BCUT2D eigenvalue weighted by atomic mass is 16.2. The number of carbonyl (C=O) groups excluding carboxylic acids is 2. The number of nitrogens with one attached hydrogen (secondary N) is 1. The highest BCUT2D eigenvalue weighted by molar-refractivity contribution is 6.13. The van der Waals surface area contributed by atoms with Crippen LogP contribution in [0.15, 0.2) is 11.8 Å². The van der Waals surface area contributed by atoms with E-state index in [9.17, 15) is 9.59 Å². The minimum atomic E-state index is -0.789. The number of rotatable bonds is 4. The smallest absolute Gasteiger partial charge is 0.238 e. The molecule has 0 saturated heterocycles. The van der Waals surface area contributed by atoms with E-state index in [1.54, 1.807) is 13.0 Å². The number of hydrogen-bond acceptors (Lipinski definition) is 2. The lowest BCUT2D eigenvalue weighted by Crippen LogP contribution is -2.48. The summed E-state index contributed by atoms with van der Waals surface area (Å²) in [6, 6.07) is 0. The third-order valence-electron chi connectivity index (χ3n) is 2.92. The molecule has 1 amide bonds. The molecule has 1 N–H and O–H groups in total. The van der Waals surface area contributed by atoms with Crippen molar-refractivity contribution in [3.8, 4) is 0 Å². The second-order valence-electron chi connectivity index (χ2n) is 4.23. The second kappa shape index (κ2) is 4.60. The van der Waals surface area contributed by atoms with E-state index in [2.05, 4.69) is 5.32 Å². The van der Waals surface area contributed by atoms with E-state index in [1.807, 2.05) is 13.8 Å². The molecule has 0 spiro atoms. The van der Waals surface area contributed by atoms with Crippen LogP contribution in [0.2, 0.25) is 0 Å². The average molecular weight is 209 g/mol. The maximum absolute atomic E-state index is 12.0. The molecular weight excluding hydrogens is 190 g/mol. The number of carbonyl (C=O) groups is 2. The standard InChI is InChI=1S/C12H19NO2/c1-4-6-12(7-5-2)10(14)8-9(3)13-11(12)15/h8H,4-7H2,1-3H3,(H,13,15). The van der Waals surface area contributed by atoms with E-state index >= 15 is 0 Å². The lowest BCUT2D eigenvalue weighted by molar-refractivity contribution is -0.141. The molecule has 1 aliphatic rings. The van der Waals surface area contributed by atoms with Crippen molar-refractivity contribution in [3.05, 3.63) is 11.8 Å². The van der Waals surface area contributed by atoms with Gasteiger partial charge in [0.05, 0.1) is 0 Å². The predicted octanol–water partition coefficient (Wildman–Crippen LogP) is 2.18. The van der Waals surface area contributed by atoms with Crippen LogP contribution < -0.4 is 5.32 Å². The highest BCUT2D eigenvalue weighted by Gasteiger charge is 2.44. The van der Waals surface area contributed by atoms with Gasteiger partial charge in [-0.1, -0.05) is 26.7 Å². The van der Waals surface area contributed by atoms with E-state index in [-0.39, 0.29) is 11.7 Å². The van der Waals surface area contributed by atoms with Crippen molar-refractivity contribution in [2.24, 2.45) is 5.41 Å². The van der Waals surface area contributed by atoms with Crippen LogP contribution in [-0.4, -0.2) is 11.7 Å². The van der Waals surface area contributed by atoms with Gasteiger partial charge in [-0.05, 0) is 19.8 Å². The molecule has 0 saturated carbocycles. The van der Waals surface area contributed by atoms with Gasteiger partial charge in [-0.15, -0.1) is 0 Å². The molecule has 0 aromatic rings. The summed E-state index contributed by atoms with van der Waals surface area (Å²) in [4.78, 5) is 23.9. The van der Waals surface area contributed by atoms with Gasteiger partial charge in [0.25, 0.3) is 0 Å². The predicted molar refractivity (Wildman–Crippen MR) is 59.2 cm³/mol. The lowest BCUT2D eigenvalue weighted by Gasteiger charge is -2.32. The fourth-order valence-electron chi connectivity index (χ4n) is 2.23. The summed E-state index contributed by atoms with van der Waals surface area (Å²) < 4.78 is 0. The Morgan fingerprint density at radius 2 is 1.73 bits per heavy atom. The van der Waals surface area contributed by atoms with Crippen molar-refractivity contribution >= 4 is 11.7 Å². The summed E-state index contributed by atoms with van der Waals surface area (Å²) in [5.41, 5.74) is -0.129. The minimum Gasteiger partial charge on any atom is -0.329 e. The molecule has 0 fully saturated rings. The van der Waals surface area contributed by atoms with Crippen molar-refractivity contribution in [3.63, 3.8) is 0 Å². The van der Waals surface area contributed by atoms with Gasteiger partial charge in [0, 0.05) is 11.8 Å². The van der Waals surface area contributed by atoms with Gasteiger partial charge in [-0.3, -0.25) is 9.59 Å². The van der Waals surface area contributed by atoms with Gasteiger partial charge in [0.15, 0.2) is 5.78 Å². The zero-order valence-corrected chi connectivity index (χ0v) is 9.72. The topological polar surface area (TPSA) is 46.2 Å². The summed E-state index contributed by atoms with van der Waals surface area (Å²) in [5, 5.41) is 2.77. The number of allylic oxidation sites excluding steroid dienone is 2. The average Bonchev–Trinajstić information content (AvgIpc) is 2.14. The lowest BCUT2D eigenvalue weighted by atomic mass is 9.73. The van der Waals surface area contributed by atoms with Crippen LogP contribution in [0.1, 0.15) is 46.5 Å². The quantitative estimate of drug-likeness (QED) is 0.721. The Bertz CT molecular complexity index is 299. The van der Waals surface area contributed by atoms with E-state index in [4.69, 9.17) is 0 Å². The Morgan fingerprint density at radius 3 is 2.13 bits per heavy atom. The Hall–Kier alpha value is -1.12. The van der Waals surface area contributed by atoms with Gasteiger partial charge in [0.1, 0.15) is 5.41 Å². The van der Waals surface area contributed by atoms with E-state index in [1.165, 1.54) is 0 Å². The van der Waals surface area contributed by atoms with Crippen molar-refractivity contribution < 1.29 is 9.59 Å². The normalized spacial score (nSPS) is 19.8. The first-order chi connectivity index (χ1) is 7.06. The molecule has 0 unspecified atom stereocenters. The summed E-state index contributed by atoms with van der Waals surface area (Å²) in [7, 11) is 0. The van der Waals surface area contributed by atoms with Crippen LogP contribution in [0.25, 0.3) is 0 Å². The Morgan fingerprint density at radius 1 is 1.20 bits per heavy atom.